The van der Waals surface area contributed by atoms with E-state index in [-0.39, 0.29) is 24.6 Å². The summed E-state index contributed by atoms with van der Waals surface area (Å²) in [5.74, 6) is -0.161. The quantitative estimate of drug-likeness (QED) is 0.0499. The van der Waals surface area contributed by atoms with E-state index in [1.165, 1.54) is 109 Å². The van der Waals surface area contributed by atoms with Gasteiger partial charge >= 0.3 is 11.9 Å². The molecule has 0 aliphatic heterocycles. The topological polar surface area (TPSA) is 85.3 Å². The highest BCUT2D eigenvalue weighted by Gasteiger charge is 2.14. The minimum absolute atomic E-state index is 0.00340. The van der Waals surface area contributed by atoms with E-state index in [0.717, 1.165) is 90.3 Å². The molecule has 0 saturated heterocycles. The fraction of sp³-hybridized carbons (Fsp3) is 0.953. The molecule has 0 radical (unpaired) electrons. The summed E-state index contributed by atoms with van der Waals surface area (Å²) < 4.78 is 17.0. The summed E-state index contributed by atoms with van der Waals surface area (Å²) in [6.07, 6.45) is 34.1. The van der Waals surface area contributed by atoms with Crippen LogP contribution in [0.25, 0.3) is 0 Å². The molecule has 0 aliphatic carbocycles. The number of carbonyl (C=O) groups is 2. The molecule has 0 aliphatic rings. The van der Waals surface area contributed by atoms with Crippen LogP contribution < -0.4 is 0 Å². The van der Waals surface area contributed by atoms with Crippen molar-refractivity contribution in [3.8, 4) is 0 Å². The number of aliphatic hydroxyl groups excluding tert-OH is 1. The minimum atomic E-state index is -0.164. The highest BCUT2D eigenvalue weighted by Crippen LogP contribution is 2.18. The summed E-state index contributed by atoms with van der Waals surface area (Å²) in [6.45, 7) is 11.3. The normalized spacial score (nSPS) is 11.6. The van der Waals surface area contributed by atoms with Gasteiger partial charge in [-0.2, -0.15) is 0 Å². The van der Waals surface area contributed by atoms with Gasteiger partial charge in [0.05, 0.1) is 26.2 Å². The first-order valence-electron chi connectivity index (χ1n) is 21.8. The van der Waals surface area contributed by atoms with Crippen LogP contribution in [0.3, 0.4) is 0 Å². The van der Waals surface area contributed by atoms with Crippen LogP contribution in [-0.4, -0.2) is 74.1 Å². The third kappa shape index (κ3) is 36.6. The van der Waals surface area contributed by atoms with Gasteiger partial charge in [0.25, 0.3) is 0 Å². The van der Waals surface area contributed by atoms with Crippen LogP contribution in [0.1, 0.15) is 213 Å². The smallest absolute Gasteiger partial charge is 0.308 e. The molecular weight excluding hydrogens is 626 g/mol. The number of hydrogen-bond acceptors (Lipinski definition) is 7. The fourth-order valence-corrected chi connectivity index (χ4v) is 6.54. The number of aliphatic hydroxyl groups is 1. The Morgan fingerprint density at radius 3 is 1.50 bits per heavy atom. The summed E-state index contributed by atoms with van der Waals surface area (Å²) in [5, 5.41) is 9.52. The maximum atomic E-state index is 12.7. The maximum Gasteiger partial charge on any atom is 0.308 e. The van der Waals surface area contributed by atoms with E-state index in [9.17, 15) is 14.7 Å². The van der Waals surface area contributed by atoms with Crippen molar-refractivity contribution in [3.05, 3.63) is 0 Å². The molecule has 0 unspecified atom stereocenters. The van der Waals surface area contributed by atoms with E-state index in [4.69, 9.17) is 14.2 Å². The van der Waals surface area contributed by atoms with Crippen molar-refractivity contribution in [1.29, 1.82) is 0 Å². The Bertz CT molecular complexity index is 689. The monoisotopic (exact) mass is 712 g/mol. The van der Waals surface area contributed by atoms with Crippen molar-refractivity contribution in [2.75, 3.05) is 46.1 Å². The van der Waals surface area contributed by atoms with Crippen molar-refractivity contribution in [1.82, 2.24) is 4.90 Å². The van der Waals surface area contributed by atoms with Gasteiger partial charge in [-0.05, 0) is 77.3 Å². The SMILES string of the molecule is CCCCCCCCOCCC(=O)OCCCCCN(CCO)CCCCCCCC(=O)OC(CCCCCCCC)CCCCCCCC. The third-order valence-corrected chi connectivity index (χ3v) is 9.80. The summed E-state index contributed by atoms with van der Waals surface area (Å²) in [6, 6.07) is 0. The van der Waals surface area contributed by atoms with E-state index in [2.05, 4.69) is 25.7 Å². The second-order valence-corrected chi connectivity index (χ2v) is 14.7. The van der Waals surface area contributed by atoms with Gasteiger partial charge < -0.3 is 24.2 Å². The van der Waals surface area contributed by atoms with Crippen molar-refractivity contribution in [2.24, 2.45) is 0 Å². The van der Waals surface area contributed by atoms with E-state index in [1.807, 2.05) is 0 Å². The number of rotatable bonds is 41. The molecule has 0 bridgehead atoms. The van der Waals surface area contributed by atoms with Gasteiger partial charge in [0.15, 0.2) is 0 Å². The van der Waals surface area contributed by atoms with Crippen LogP contribution >= 0.6 is 0 Å². The van der Waals surface area contributed by atoms with Gasteiger partial charge in [0.2, 0.25) is 0 Å². The van der Waals surface area contributed by atoms with Crippen LogP contribution in [-0.2, 0) is 23.8 Å². The Hall–Kier alpha value is -1.18. The number of ether oxygens (including phenoxy) is 3. The molecule has 0 aromatic heterocycles. The molecule has 0 atom stereocenters. The standard InChI is InChI=1S/C43H85NO6/c1-4-7-10-13-17-23-30-41(31-24-18-14-11-8-5-2)50-43(47)32-25-19-16-20-26-34-44(36-37-45)35-27-22-29-39-49-42(46)33-40-48-38-28-21-15-12-9-6-3/h41,45H,4-40H2,1-3H3. The van der Waals surface area contributed by atoms with Gasteiger partial charge in [-0.15, -0.1) is 0 Å². The van der Waals surface area contributed by atoms with Crippen LogP contribution in [0.5, 0.6) is 0 Å². The van der Waals surface area contributed by atoms with Crippen molar-refractivity contribution in [2.45, 2.75) is 219 Å². The first-order valence-corrected chi connectivity index (χ1v) is 21.8. The molecule has 298 valence electrons. The number of unbranched alkanes of at least 4 members (excludes halogenated alkanes) is 21. The third-order valence-electron chi connectivity index (χ3n) is 9.80. The summed E-state index contributed by atoms with van der Waals surface area (Å²) >= 11 is 0. The van der Waals surface area contributed by atoms with E-state index >= 15 is 0 Å². The zero-order valence-electron chi connectivity index (χ0n) is 33.7. The molecule has 0 spiro atoms. The Labute approximate surface area is 310 Å². The molecule has 0 aromatic carbocycles. The van der Waals surface area contributed by atoms with Gasteiger partial charge in [0.1, 0.15) is 6.10 Å². The summed E-state index contributed by atoms with van der Waals surface area (Å²) in [4.78, 5) is 27.0. The summed E-state index contributed by atoms with van der Waals surface area (Å²) in [7, 11) is 0. The Kier molecular flexibility index (Phi) is 39.6. The van der Waals surface area contributed by atoms with E-state index in [0.29, 0.717) is 32.6 Å². The van der Waals surface area contributed by atoms with Crippen molar-refractivity contribution >= 4 is 11.9 Å². The second kappa shape index (κ2) is 40.6. The molecule has 7 nitrogen and oxygen atoms in total. The van der Waals surface area contributed by atoms with Crippen molar-refractivity contribution < 1.29 is 28.9 Å². The molecule has 0 amide bonds. The number of nitrogens with zero attached hydrogens (tertiary/aromatic N) is 1. The molecule has 0 aromatic rings. The number of carbonyl (C=O) groups excluding carboxylic acids is 2. The Morgan fingerprint density at radius 1 is 0.480 bits per heavy atom. The van der Waals surface area contributed by atoms with Gasteiger partial charge in [0, 0.05) is 19.6 Å². The lowest BCUT2D eigenvalue weighted by Gasteiger charge is -2.21. The largest absolute Gasteiger partial charge is 0.466 e. The predicted octanol–water partition coefficient (Wildman–Crippen LogP) is 11.5. The second-order valence-electron chi connectivity index (χ2n) is 14.7. The molecule has 0 heterocycles. The lowest BCUT2D eigenvalue weighted by molar-refractivity contribution is -0.150. The highest BCUT2D eigenvalue weighted by atomic mass is 16.5. The fourth-order valence-electron chi connectivity index (χ4n) is 6.54. The van der Waals surface area contributed by atoms with Gasteiger partial charge in [-0.3, -0.25) is 9.59 Å². The zero-order valence-corrected chi connectivity index (χ0v) is 33.7. The Morgan fingerprint density at radius 2 is 0.940 bits per heavy atom. The number of hydrogen-bond donors (Lipinski definition) is 1. The molecule has 7 heteroatoms. The zero-order chi connectivity index (χ0) is 36.6. The molecule has 50 heavy (non-hydrogen) atoms. The van der Waals surface area contributed by atoms with Gasteiger partial charge in [-0.1, -0.05) is 136 Å². The minimum Gasteiger partial charge on any atom is -0.466 e. The molecule has 0 fully saturated rings. The Balaban J connectivity index is 3.95. The molecule has 1 N–H and O–H groups in total. The molecule has 0 saturated carbocycles. The first-order chi connectivity index (χ1) is 24.6. The average Bonchev–Trinajstić information content (AvgIpc) is 3.11. The molecular formula is C43H85NO6. The maximum absolute atomic E-state index is 12.7. The van der Waals surface area contributed by atoms with Crippen molar-refractivity contribution in [3.63, 3.8) is 0 Å². The van der Waals surface area contributed by atoms with E-state index < -0.39 is 0 Å². The van der Waals surface area contributed by atoms with Crippen LogP contribution in [0.15, 0.2) is 0 Å². The predicted molar refractivity (Wildman–Crippen MR) is 211 cm³/mol. The van der Waals surface area contributed by atoms with Crippen LogP contribution in [0.4, 0.5) is 0 Å². The average molecular weight is 712 g/mol. The molecule has 0 rings (SSSR count). The lowest BCUT2D eigenvalue weighted by Crippen LogP contribution is -2.29. The summed E-state index contributed by atoms with van der Waals surface area (Å²) in [5.41, 5.74) is 0. The number of esters is 2. The van der Waals surface area contributed by atoms with Crippen LogP contribution in [0, 0.1) is 0 Å². The highest BCUT2D eigenvalue weighted by molar-refractivity contribution is 5.69. The first kappa shape index (κ1) is 48.8. The van der Waals surface area contributed by atoms with Gasteiger partial charge in [-0.25, -0.2) is 0 Å². The van der Waals surface area contributed by atoms with Crippen LogP contribution in [0.2, 0.25) is 0 Å². The lowest BCUT2D eigenvalue weighted by atomic mass is 10.0. The van der Waals surface area contributed by atoms with E-state index in [1.54, 1.807) is 0 Å².